The van der Waals surface area contributed by atoms with Gasteiger partial charge in [-0.2, -0.15) is 5.26 Å². The molecule has 0 unspecified atom stereocenters. The first-order chi connectivity index (χ1) is 12.2. The van der Waals surface area contributed by atoms with Crippen LogP contribution in [0, 0.1) is 11.3 Å². The molecule has 0 atom stereocenters. The number of hydrogen-bond donors (Lipinski definition) is 2. The second kappa shape index (κ2) is 7.32. The van der Waals surface area contributed by atoms with E-state index in [1.54, 1.807) is 30.3 Å². The Hall–Kier alpha value is -3.59. The smallest absolute Gasteiger partial charge is 0.355 e. The van der Waals surface area contributed by atoms with E-state index in [1.165, 1.54) is 0 Å². The number of nitrogens with zero attached hydrogens (tertiary/aromatic N) is 1. The fourth-order valence-electron chi connectivity index (χ4n) is 2.39. The largest absolute Gasteiger partial charge is 0.451 e. The lowest BCUT2D eigenvalue weighted by atomic mass is 10.1. The molecule has 3 rings (SSSR count). The zero-order valence-electron chi connectivity index (χ0n) is 13.3. The Morgan fingerprint density at radius 2 is 1.88 bits per heavy atom. The Balaban J connectivity index is 1.54. The summed E-state index contributed by atoms with van der Waals surface area (Å²) in [5.41, 5.74) is 2.57. The summed E-state index contributed by atoms with van der Waals surface area (Å²) in [6, 6.07) is 18.1. The van der Waals surface area contributed by atoms with Crippen LogP contribution in [-0.2, 0) is 16.0 Å². The van der Waals surface area contributed by atoms with Crippen molar-refractivity contribution in [1.82, 2.24) is 4.98 Å². The fraction of sp³-hybridized carbons (Fsp3) is 0.105. The molecule has 25 heavy (non-hydrogen) atoms. The number of nitriles is 1. The van der Waals surface area contributed by atoms with Gasteiger partial charge in [0.15, 0.2) is 6.61 Å². The van der Waals surface area contributed by atoms with Crippen LogP contribution in [-0.4, -0.2) is 23.5 Å². The molecule has 0 spiro atoms. The van der Waals surface area contributed by atoms with Crippen LogP contribution in [0.25, 0.3) is 10.9 Å². The lowest BCUT2D eigenvalue weighted by Gasteiger charge is -2.06. The van der Waals surface area contributed by atoms with Crippen LogP contribution in [0.15, 0.2) is 54.6 Å². The number of fused-ring (bicyclic) bond motifs is 1. The maximum absolute atomic E-state index is 12.0. The Bertz CT molecular complexity index is 919. The number of rotatable bonds is 5. The van der Waals surface area contributed by atoms with Crippen molar-refractivity contribution in [3.8, 4) is 6.07 Å². The molecular weight excluding hydrogens is 318 g/mol. The fourth-order valence-corrected chi connectivity index (χ4v) is 2.39. The number of aromatic nitrogens is 1. The molecule has 0 aliphatic heterocycles. The first-order valence-corrected chi connectivity index (χ1v) is 7.66. The van der Waals surface area contributed by atoms with E-state index in [1.807, 2.05) is 24.3 Å². The molecule has 0 saturated heterocycles. The first kappa shape index (κ1) is 16.3. The third kappa shape index (κ3) is 4.03. The van der Waals surface area contributed by atoms with E-state index in [-0.39, 0.29) is 6.61 Å². The van der Waals surface area contributed by atoms with E-state index < -0.39 is 11.9 Å². The number of para-hydroxylation sites is 1. The molecule has 1 aromatic heterocycles. The average molecular weight is 333 g/mol. The maximum Gasteiger partial charge on any atom is 0.355 e. The Morgan fingerprint density at radius 3 is 2.60 bits per heavy atom. The summed E-state index contributed by atoms with van der Waals surface area (Å²) < 4.78 is 5.03. The van der Waals surface area contributed by atoms with Crippen LogP contribution >= 0.6 is 0 Å². The van der Waals surface area contributed by atoms with Gasteiger partial charge in [-0.05, 0) is 29.8 Å². The summed E-state index contributed by atoms with van der Waals surface area (Å²) in [7, 11) is 0. The number of carbonyl (C=O) groups excluding carboxylic acids is 2. The molecule has 1 amide bonds. The first-order valence-electron chi connectivity index (χ1n) is 7.66. The third-order valence-corrected chi connectivity index (χ3v) is 3.61. The number of aromatic amines is 1. The molecule has 0 saturated carbocycles. The molecule has 124 valence electrons. The summed E-state index contributed by atoms with van der Waals surface area (Å²) in [5, 5.41) is 12.2. The number of H-pyrrole nitrogens is 1. The second-order valence-corrected chi connectivity index (χ2v) is 5.43. The predicted molar refractivity (Wildman–Crippen MR) is 93.0 cm³/mol. The lowest BCUT2D eigenvalue weighted by molar-refractivity contribution is -0.119. The minimum Gasteiger partial charge on any atom is -0.451 e. The van der Waals surface area contributed by atoms with Crippen LogP contribution in [0.1, 0.15) is 16.1 Å². The van der Waals surface area contributed by atoms with Gasteiger partial charge in [0.1, 0.15) is 5.69 Å². The molecule has 0 aliphatic carbocycles. The maximum atomic E-state index is 12.0. The van der Waals surface area contributed by atoms with Crippen molar-refractivity contribution in [3.63, 3.8) is 0 Å². The van der Waals surface area contributed by atoms with E-state index >= 15 is 0 Å². The van der Waals surface area contributed by atoms with Crippen molar-refractivity contribution in [3.05, 3.63) is 65.9 Å². The summed E-state index contributed by atoms with van der Waals surface area (Å²) >= 11 is 0. The molecule has 2 N–H and O–H groups in total. The number of hydrogen-bond acceptors (Lipinski definition) is 4. The Kier molecular flexibility index (Phi) is 4.77. The summed E-state index contributed by atoms with van der Waals surface area (Å²) in [6.07, 6.45) is 0.316. The predicted octanol–water partition coefficient (Wildman–Crippen LogP) is 3.03. The molecule has 1 heterocycles. The number of anilines is 1. The zero-order valence-corrected chi connectivity index (χ0v) is 13.3. The average Bonchev–Trinajstić information content (AvgIpc) is 3.06. The van der Waals surface area contributed by atoms with Crippen molar-refractivity contribution in [2.45, 2.75) is 6.42 Å². The molecule has 6 nitrogen and oxygen atoms in total. The number of benzene rings is 2. The van der Waals surface area contributed by atoms with Gasteiger partial charge in [-0.15, -0.1) is 0 Å². The van der Waals surface area contributed by atoms with E-state index in [0.717, 1.165) is 16.5 Å². The number of esters is 1. The summed E-state index contributed by atoms with van der Waals surface area (Å²) in [6.45, 7) is -0.381. The monoisotopic (exact) mass is 333 g/mol. The SMILES string of the molecule is N#CCc1ccc(NC(=O)COC(=O)c2cc3ccccc3[nH]2)cc1. The van der Waals surface area contributed by atoms with Crippen LogP contribution in [0.3, 0.4) is 0 Å². The molecule has 2 aromatic carbocycles. The molecule has 0 fully saturated rings. The second-order valence-electron chi connectivity index (χ2n) is 5.43. The van der Waals surface area contributed by atoms with Gasteiger partial charge in [0.25, 0.3) is 5.91 Å². The highest BCUT2D eigenvalue weighted by atomic mass is 16.5. The highest BCUT2D eigenvalue weighted by molar-refractivity contribution is 5.97. The van der Waals surface area contributed by atoms with Gasteiger partial charge in [-0.3, -0.25) is 4.79 Å². The van der Waals surface area contributed by atoms with E-state index in [9.17, 15) is 9.59 Å². The van der Waals surface area contributed by atoms with Gasteiger partial charge in [-0.25, -0.2) is 4.79 Å². The van der Waals surface area contributed by atoms with Crippen molar-refractivity contribution in [2.75, 3.05) is 11.9 Å². The van der Waals surface area contributed by atoms with Crippen molar-refractivity contribution in [2.24, 2.45) is 0 Å². The third-order valence-electron chi connectivity index (χ3n) is 3.61. The molecule has 6 heteroatoms. The minimum absolute atomic E-state index is 0.301. The number of amides is 1. The number of nitrogens with one attached hydrogen (secondary N) is 2. The van der Waals surface area contributed by atoms with Crippen molar-refractivity contribution >= 4 is 28.5 Å². The van der Waals surface area contributed by atoms with Gasteiger partial charge in [-0.1, -0.05) is 30.3 Å². The van der Waals surface area contributed by atoms with Gasteiger partial charge in [0.05, 0.1) is 12.5 Å². The molecule has 0 bridgehead atoms. The highest BCUT2D eigenvalue weighted by Gasteiger charge is 2.13. The van der Waals surface area contributed by atoms with E-state index in [0.29, 0.717) is 17.8 Å². The topological polar surface area (TPSA) is 95.0 Å². The normalized spacial score (nSPS) is 10.2. The lowest BCUT2D eigenvalue weighted by Crippen LogP contribution is -2.21. The molecule has 0 aliphatic rings. The Labute approximate surface area is 144 Å². The van der Waals surface area contributed by atoms with Crippen LogP contribution in [0.2, 0.25) is 0 Å². The van der Waals surface area contributed by atoms with Gasteiger partial charge in [0, 0.05) is 16.6 Å². The van der Waals surface area contributed by atoms with Crippen LogP contribution in [0.4, 0.5) is 5.69 Å². The van der Waals surface area contributed by atoms with E-state index in [2.05, 4.69) is 16.4 Å². The number of carbonyl (C=O) groups is 2. The Morgan fingerprint density at radius 1 is 1.12 bits per heavy atom. The standard InChI is InChI=1S/C19H15N3O3/c20-10-9-13-5-7-15(8-6-13)21-18(23)12-25-19(24)17-11-14-3-1-2-4-16(14)22-17/h1-8,11,22H,9,12H2,(H,21,23). The molecule has 3 aromatic rings. The van der Waals surface area contributed by atoms with Gasteiger partial charge in [0.2, 0.25) is 0 Å². The quantitative estimate of drug-likeness (QED) is 0.702. The highest BCUT2D eigenvalue weighted by Crippen LogP contribution is 2.15. The van der Waals surface area contributed by atoms with Crippen molar-refractivity contribution < 1.29 is 14.3 Å². The van der Waals surface area contributed by atoms with E-state index in [4.69, 9.17) is 10.00 Å². The zero-order chi connectivity index (χ0) is 17.6. The van der Waals surface area contributed by atoms with Gasteiger partial charge < -0.3 is 15.0 Å². The van der Waals surface area contributed by atoms with Crippen LogP contribution < -0.4 is 5.32 Å². The summed E-state index contributed by atoms with van der Waals surface area (Å²) in [5.74, 6) is -1.02. The number of ether oxygens (including phenoxy) is 1. The summed E-state index contributed by atoms with van der Waals surface area (Å²) in [4.78, 5) is 26.9. The van der Waals surface area contributed by atoms with Gasteiger partial charge >= 0.3 is 5.97 Å². The molecule has 0 radical (unpaired) electrons. The van der Waals surface area contributed by atoms with Crippen LogP contribution in [0.5, 0.6) is 0 Å². The minimum atomic E-state index is -0.587. The molecular formula is C19H15N3O3. The van der Waals surface area contributed by atoms with Crippen molar-refractivity contribution in [1.29, 1.82) is 5.26 Å².